The molecule has 3 heteroatoms. The van der Waals surface area contributed by atoms with Crippen LogP contribution in [0.15, 0.2) is 11.6 Å². The molecular formula is C10H16ClNO. The molecule has 0 radical (unpaired) electrons. The van der Waals surface area contributed by atoms with E-state index in [0.717, 1.165) is 12.8 Å². The molecule has 1 rings (SSSR count). The standard InChI is InChI=1S/C10H16ClNO/c1-8(11)10(13)12-7-9-5-3-2-4-6-9/h5,8H,2-4,6-7H2,1H3,(H,12,13). The first kappa shape index (κ1) is 10.6. The Kier molecular flexibility index (Phi) is 4.29. The maximum atomic E-state index is 11.1. The van der Waals surface area contributed by atoms with Crippen molar-refractivity contribution in [3.63, 3.8) is 0 Å². The number of hydrogen-bond donors (Lipinski definition) is 1. The van der Waals surface area contributed by atoms with Gasteiger partial charge in [0.15, 0.2) is 0 Å². The minimum atomic E-state index is -0.427. The van der Waals surface area contributed by atoms with Gasteiger partial charge in [-0.15, -0.1) is 11.6 Å². The van der Waals surface area contributed by atoms with E-state index in [4.69, 9.17) is 11.6 Å². The fourth-order valence-corrected chi connectivity index (χ4v) is 1.48. The van der Waals surface area contributed by atoms with Gasteiger partial charge in [-0.1, -0.05) is 11.6 Å². The highest BCUT2D eigenvalue weighted by atomic mass is 35.5. The molecule has 1 N–H and O–H groups in total. The van der Waals surface area contributed by atoms with Gasteiger partial charge >= 0.3 is 0 Å². The largest absolute Gasteiger partial charge is 0.351 e. The Morgan fingerprint density at radius 3 is 3.00 bits per heavy atom. The third kappa shape index (κ3) is 3.81. The van der Waals surface area contributed by atoms with Gasteiger partial charge in [0.05, 0.1) is 0 Å². The lowest BCUT2D eigenvalue weighted by Crippen LogP contribution is -2.31. The lowest BCUT2D eigenvalue weighted by molar-refractivity contribution is -0.120. The van der Waals surface area contributed by atoms with Crippen LogP contribution >= 0.6 is 11.6 Å². The Morgan fingerprint density at radius 1 is 1.69 bits per heavy atom. The fraction of sp³-hybridized carbons (Fsp3) is 0.700. The molecule has 0 fully saturated rings. The summed E-state index contributed by atoms with van der Waals surface area (Å²) < 4.78 is 0. The molecule has 0 bridgehead atoms. The topological polar surface area (TPSA) is 29.1 Å². The normalized spacial score (nSPS) is 19.1. The van der Waals surface area contributed by atoms with Crippen LogP contribution in [0.3, 0.4) is 0 Å². The van der Waals surface area contributed by atoms with Crippen molar-refractivity contribution in [1.82, 2.24) is 5.32 Å². The van der Waals surface area contributed by atoms with Crippen molar-refractivity contribution in [3.05, 3.63) is 11.6 Å². The Bertz CT molecular complexity index is 211. The van der Waals surface area contributed by atoms with Crippen LogP contribution in [0, 0.1) is 0 Å². The van der Waals surface area contributed by atoms with Crippen LogP contribution < -0.4 is 5.32 Å². The van der Waals surface area contributed by atoms with Gasteiger partial charge in [-0.25, -0.2) is 0 Å². The third-order valence-electron chi connectivity index (χ3n) is 2.24. The second-order valence-electron chi connectivity index (χ2n) is 3.44. The summed E-state index contributed by atoms with van der Waals surface area (Å²) in [5.74, 6) is -0.0758. The van der Waals surface area contributed by atoms with E-state index >= 15 is 0 Å². The first-order valence-electron chi connectivity index (χ1n) is 4.80. The van der Waals surface area contributed by atoms with Crippen LogP contribution in [-0.4, -0.2) is 17.8 Å². The second-order valence-corrected chi connectivity index (χ2v) is 4.10. The molecule has 1 amide bonds. The molecule has 1 aliphatic carbocycles. The van der Waals surface area contributed by atoms with E-state index < -0.39 is 5.38 Å². The summed E-state index contributed by atoms with van der Waals surface area (Å²) in [5, 5.41) is 2.39. The van der Waals surface area contributed by atoms with Crippen molar-refractivity contribution in [1.29, 1.82) is 0 Å². The molecule has 0 aromatic heterocycles. The number of alkyl halides is 1. The van der Waals surface area contributed by atoms with Crippen LogP contribution in [0.4, 0.5) is 0 Å². The average molecular weight is 202 g/mol. The van der Waals surface area contributed by atoms with E-state index in [-0.39, 0.29) is 5.91 Å². The van der Waals surface area contributed by atoms with Gasteiger partial charge in [0.2, 0.25) is 5.91 Å². The molecule has 0 heterocycles. The molecule has 0 saturated carbocycles. The summed E-state index contributed by atoms with van der Waals surface area (Å²) in [7, 11) is 0. The monoisotopic (exact) mass is 201 g/mol. The van der Waals surface area contributed by atoms with Gasteiger partial charge in [-0.05, 0) is 32.6 Å². The second kappa shape index (κ2) is 5.28. The highest BCUT2D eigenvalue weighted by Gasteiger charge is 2.09. The number of allylic oxidation sites excluding steroid dienone is 1. The molecule has 0 aliphatic heterocycles. The van der Waals surface area contributed by atoms with Gasteiger partial charge in [0.25, 0.3) is 0 Å². The van der Waals surface area contributed by atoms with Crippen molar-refractivity contribution in [2.75, 3.05) is 6.54 Å². The number of nitrogens with one attached hydrogen (secondary N) is 1. The molecule has 13 heavy (non-hydrogen) atoms. The Morgan fingerprint density at radius 2 is 2.46 bits per heavy atom. The highest BCUT2D eigenvalue weighted by molar-refractivity contribution is 6.30. The molecule has 1 unspecified atom stereocenters. The quantitative estimate of drug-likeness (QED) is 0.551. The SMILES string of the molecule is CC(Cl)C(=O)NCC1=CCCCC1. The smallest absolute Gasteiger partial charge is 0.238 e. The first-order valence-corrected chi connectivity index (χ1v) is 5.23. The van der Waals surface area contributed by atoms with Crippen molar-refractivity contribution >= 4 is 17.5 Å². The molecule has 1 aliphatic rings. The summed E-state index contributed by atoms with van der Waals surface area (Å²) in [6.07, 6.45) is 7.03. The number of carbonyl (C=O) groups excluding carboxylic acids is 1. The zero-order chi connectivity index (χ0) is 9.68. The van der Waals surface area contributed by atoms with E-state index in [1.54, 1.807) is 6.92 Å². The van der Waals surface area contributed by atoms with Gasteiger partial charge in [-0.2, -0.15) is 0 Å². The Balaban J connectivity index is 2.25. The van der Waals surface area contributed by atoms with E-state index in [0.29, 0.717) is 6.54 Å². The minimum absolute atomic E-state index is 0.0758. The number of rotatable bonds is 3. The van der Waals surface area contributed by atoms with E-state index in [1.165, 1.54) is 18.4 Å². The lowest BCUT2D eigenvalue weighted by Gasteiger charge is -2.13. The molecule has 2 nitrogen and oxygen atoms in total. The summed E-state index contributed by atoms with van der Waals surface area (Å²) >= 11 is 5.61. The molecule has 74 valence electrons. The van der Waals surface area contributed by atoms with Crippen LogP contribution in [-0.2, 0) is 4.79 Å². The number of halogens is 1. The van der Waals surface area contributed by atoms with Crippen molar-refractivity contribution in [2.45, 2.75) is 38.0 Å². The minimum Gasteiger partial charge on any atom is -0.351 e. The van der Waals surface area contributed by atoms with Gasteiger partial charge < -0.3 is 5.32 Å². The summed E-state index contributed by atoms with van der Waals surface area (Å²) in [6.45, 7) is 2.36. The molecule has 0 aromatic carbocycles. The Hall–Kier alpha value is -0.500. The van der Waals surface area contributed by atoms with Crippen LogP contribution in [0.1, 0.15) is 32.6 Å². The van der Waals surface area contributed by atoms with E-state index in [9.17, 15) is 4.79 Å². The summed E-state index contributed by atoms with van der Waals surface area (Å²) in [4.78, 5) is 11.1. The fourth-order valence-electron chi connectivity index (χ4n) is 1.41. The summed E-state index contributed by atoms with van der Waals surface area (Å²) in [5.41, 5.74) is 1.34. The molecule has 0 aromatic rings. The zero-order valence-electron chi connectivity index (χ0n) is 7.98. The highest BCUT2D eigenvalue weighted by Crippen LogP contribution is 2.16. The molecule has 1 atom stereocenters. The van der Waals surface area contributed by atoms with Crippen molar-refractivity contribution in [2.24, 2.45) is 0 Å². The molecule has 0 spiro atoms. The van der Waals surface area contributed by atoms with Crippen LogP contribution in [0.25, 0.3) is 0 Å². The van der Waals surface area contributed by atoms with Gasteiger partial charge in [-0.3, -0.25) is 4.79 Å². The molecule has 0 saturated heterocycles. The number of hydrogen-bond acceptors (Lipinski definition) is 1. The van der Waals surface area contributed by atoms with E-state index in [1.807, 2.05) is 0 Å². The van der Waals surface area contributed by atoms with E-state index in [2.05, 4.69) is 11.4 Å². The maximum absolute atomic E-state index is 11.1. The maximum Gasteiger partial charge on any atom is 0.238 e. The van der Waals surface area contributed by atoms with Crippen LogP contribution in [0.2, 0.25) is 0 Å². The third-order valence-corrected chi connectivity index (χ3v) is 2.43. The average Bonchev–Trinajstić information content (AvgIpc) is 2.15. The summed E-state index contributed by atoms with van der Waals surface area (Å²) in [6, 6.07) is 0. The van der Waals surface area contributed by atoms with Crippen molar-refractivity contribution in [3.8, 4) is 0 Å². The Labute approximate surface area is 84.3 Å². The lowest BCUT2D eigenvalue weighted by atomic mass is 10.00. The predicted molar refractivity (Wildman–Crippen MR) is 54.9 cm³/mol. The van der Waals surface area contributed by atoms with Crippen LogP contribution in [0.5, 0.6) is 0 Å². The zero-order valence-corrected chi connectivity index (χ0v) is 8.73. The van der Waals surface area contributed by atoms with Gasteiger partial charge in [0, 0.05) is 6.54 Å². The number of amides is 1. The predicted octanol–water partition coefficient (Wildman–Crippen LogP) is 2.23. The molecular weight excluding hydrogens is 186 g/mol. The number of carbonyl (C=O) groups is 1. The van der Waals surface area contributed by atoms with Crippen molar-refractivity contribution < 1.29 is 4.79 Å². The first-order chi connectivity index (χ1) is 6.20. The van der Waals surface area contributed by atoms with Gasteiger partial charge in [0.1, 0.15) is 5.38 Å².